The van der Waals surface area contributed by atoms with Crippen molar-refractivity contribution in [3.63, 3.8) is 0 Å². The third kappa shape index (κ3) is 3.65. The fraction of sp³-hybridized carbons (Fsp3) is 0.250. The van der Waals surface area contributed by atoms with Gasteiger partial charge in [0.05, 0.1) is 30.3 Å². The second kappa shape index (κ2) is 8.07. The highest BCUT2D eigenvalue weighted by molar-refractivity contribution is 7.20. The standard InChI is InChI=1S/C24H23N3O3S/c1-29-18-7-8-19-16(14-18)13-17-15-22(31-23(17)25-19)24(28)27-11-9-26(10-12-27)20-5-3-4-6-21(20)30-2/h3-8,13-15H,9-12H2,1-2H3. The van der Waals surface area contributed by atoms with Crippen LogP contribution in [0.5, 0.6) is 11.5 Å². The lowest BCUT2D eigenvalue weighted by molar-refractivity contribution is 0.0751. The van der Waals surface area contributed by atoms with Crippen molar-refractivity contribution in [2.24, 2.45) is 0 Å². The molecule has 1 saturated heterocycles. The smallest absolute Gasteiger partial charge is 0.264 e. The molecule has 5 rings (SSSR count). The lowest BCUT2D eigenvalue weighted by atomic mass is 10.2. The quantitative estimate of drug-likeness (QED) is 0.477. The molecular formula is C24H23N3O3S. The zero-order valence-corrected chi connectivity index (χ0v) is 18.3. The van der Waals surface area contributed by atoms with Crippen LogP contribution < -0.4 is 14.4 Å². The number of aromatic nitrogens is 1. The number of fused-ring (bicyclic) bond motifs is 2. The number of nitrogens with zero attached hydrogens (tertiary/aromatic N) is 3. The number of thiophene rings is 1. The molecular weight excluding hydrogens is 410 g/mol. The molecule has 0 bridgehead atoms. The molecule has 1 aliphatic rings. The summed E-state index contributed by atoms with van der Waals surface area (Å²) in [5, 5.41) is 2.00. The number of carbonyl (C=O) groups is 1. The number of hydrogen-bond acceptors (Lipinski definition) is 6. The Kier molecular flexibility index (Phi) is 5.11. The van der Waals surface area contributed by atoms with Gasteiger partial charge in [0.2, 0.25) is 0 Å². The number of anilines is 1. The summed E-state index contributed by atoms with van der Waals surface area (Å²) in [7, 11) is 3.34. The maximum atomic E-state index is 13.2. The molecule has 0 aliphatic carbocycles. The molecule has 3 heterocycles. The lowest BCUT2D eigenvalue weighted by Crippen LogP contribution is -2.48. The summed E-state index contributed by atoms with van der Waals surface area (Å²) in [6.45, 7) is 2.91. The summed E-state index contributed by atoms with van der Waals surface area (Å²) in [5.74, 6) is 1.74. The summed E-state index contributed by atoms with van der Waals surface area (Å²) in [4.78, 5) is 23.7. The van der Waals surface area contributed by atoms with Crippen molar-refractivity contribution in [3.05, 3.63) is 59.5 Å². The SMILES string of the molecule is COc1ccc2nc3sc(C(=O)N4CCN(c5ccccc5OC)CC4)cc3cc2c1. The van der Waals surface area contributed by atoms with Crippen LogP contribution in [-0.2, 0) is 0 Å². The molecule has 0 atom stereocenters. The maximum Gasteiger partial charge on any atom is 0.264 e. The van der Waals surface area contributed by atoms with Gasteiger partial charge in [0.15, 0.2) is 0 Å². The van der Waals surface area contributed by atoms with E-state index in [-0.39, 0.29) is 5.91 Å². The van der Waals surface area contributed by atoms with Gasteiger partial charge in [0.25, 0.3) is 5.91 Å². The first kappa shape index (κ1) is 19.6. The van der Waals surface area contributed by atoms with E-state index in [1.165, 1.54) is 11.3 Å². The number of ether oxygens (including phenoxy) is 2. The van der Waals surface area contributed by atoms with Gasteiger partial charge in [-0.25, -0.2) is 4.98 Å². The van der Waals surface area contributed by atoms with E-state index in [2.05, 4.69) is 17.0 Å². The van der Waals surface area contributed by atoms with Crippen LogP contribution in [-0.4, -0.2) is 56.2 Å². The van der Waals surface area contributed by atoms with Crippen LogP contribution in [0.2, 0.25) is 0 Å². The van der Waals surface area contributed by atoms with Crippen LogP contribution in [0.1, 0.15) is 9.67 Å². The molecule has 0 spiro atoms. The number of amides is 1. The Balaban J connectivity index is 1.35. The summed E-state index contributed by atoms with van der Waals surface area (Å²) in [6, 6.07) is 17.9. The molecule has 2 aromatic carbocycles. The highest BCUT2D eigenvalue weighted by Crippen LogP contribution is 2.31. The first-order valence-electron chi connectivity index (χ1n) is 10.2. The van der Waals surface area contributed by atoms with Crippen molar-refractivity contribution in [3.8, 4) is 11.5 Å². The predicted octanol–water partition coefficient (Wildman–Crippen LogP) is 4.43. The first-order chi connectivity index (χ1) is 15.2. The zero-order valence-electron chi connectivity index (χ0n) is 17.5. The topological polar surface area (TPSA) is 54.9 Å². The number of benzene rings is 2. The molecule has 31 heavy (non-hydrogen) atoms. The van der Waals surface area contributed by atoms with E-state index in [1.54, 1.807) is 14.2 Å². The normalized spacial score (nSPS) is 14.3. The van der Waals surface area contributed by atoms with Crippen molar-refractivity contribution < 1.29 is 14.3 Å². The van der Waals surface area contributed by atoms with Crippen LogP contribution in [0, 0.1) is 0 Å². The molecule has 0 radical (unpaired) electrons. The summed E-state index contributed by atoms with van der Waals surface area (Å²) in [5.41, 5.74) is 1.98. The van der Waals surface area contributed by atoms with E-state index in [4.69, 9.17) is 14.5 Å². The number of pyridine rings is 1. The molecule has 0 saturated carbocycles. The number of carbonyl (C=O) groups excluding carboxylic acids is 1. The molecule has 0 unspecified atom stereocenters. The Morgan fingerprint density at radius 1 is 0.935 bits per heavy atom. The monoisotopic (exact) mass is 433 g/mol. The van der Waals surface area contributed by atoms with E-state index >= 15 is 0 Å². The third-order valence-electron chi connectivity index (χ3n) is 5.71. The number of para-hydroxylation sites is 2. The summed E-state index contributed by atoms with van der Waals surface area (Å²) >= 11 is 1.46. The Bertz CT molecular complexity index is 1260. The van der Waals surface area contributed by atoms with E-state index in [1.807, 2.05) is 47.4 Å². The third-order valence-corrected chi connectivity index (χ3v) is 6.74. The van der Waals surface area contributed by atoms with Gasteiger partial charge < -0.3 is 19.3 Å². The van der Waals surface area contributed by atoms with Gasteiger partial charge in [-0.3, -0.25) is 4.79 Å². The fourth-order valence-electron chi connectivity index (χ4n) is 4.04. The van der Waals surface area contributed by atoms with Gasteiger partial charge in [-0.15, -0.1) is 11.3 Å². The predicted molar refractivity (Wildman–Crippen MR) is 125 cm³/mol. The zero-order chi connectivity index (χ0) is 21.4. The molecule has 7 heteroatoms. The molecule has 158 valence electrons. The van der Waals surface area contributed by atoms with Crippen molar-refractivity contribution in [2.75, 3.05) is 45.3 Å². The fourth-order valence-corrected chi connectivity index (χ4v) is 5.03. The van der Waals surface area contributed by atoms with Gasteiger partial charge in [0, 0.05) is 37.0 Å². The maximum absolute atomic E-state index is 13.2. The minimum absolute atomic E-state index is 0.0734. The van der Waals surface area contributed by atoms with Crippen LogP contribution in [0.4, 0.5) is 5.69 Å². The first-order valence-corrected chi connectivity index (χ1v) is 11.0. The van der Waals surface area contributed by atoms with Gasteiger partial charge in [-0.1, -0.05) is 12.1 Å². The minimum atomic E-state index is 0.0734. The second-order valence-corrected chi connectivity index (χ2v) is 8.53. The molecule has 4 aromatic rings. The highest BCUT2D eigenvalue weighted by Gasteiger charge is 2.25. The Labute approximate surface area is 184 Å². The van der Waals surface area contributed by atoms with Gasteiger partial charge in [-0.2, -0.15) is 0 Å². The number of hydrogen-bond donors (Lipinski definition) is 0. The number of piperazine rings is 1. The molecule has 6 nitrogen and oxygen atoms in total. The second-order valence-electron chi connectivity index (χ2n) is 7.50. The van der Waals surface area contributed by atoms with Gasteiger partial charge in [-0.05, 0) is 42.5 Å². The van der Waals surface area contributed by atoms with E-state index in [0.29, 0.717) is 13.1 Å². The van der Waals surface area contributed by atoms with Crippen LogP contribution in [0.25, 0.3) is 21.1 Å². The van der Waals surface area contributed by atoms with Crippen LogP contribution >= 0.6 is 11.3 Å². The highest BCUT2D eigenvalue weighted by atomic mass is 32.1. The molecule has 1 aliphatic heterocycles. The summed E-state index contributed by atoms with van der Waals surface area (Å²) < 4.78 is 10.8. The van der Waals surface area contributed by atoms with Gasteiger partial charge >= 0.3 is 0 Å². The average molecular weight is 434 g/mol. The lowest BCUT2D eigenvalue weighted by Gasteiger charge is -2.36. The minimum Gasteiger partial charge on any atom is -0.497 e. The van der Waals surface area contributed by atoms with E-state index < -0.39 is 0 Å². The van der Waals surface area contributed by atoms with E-state index in [0.717, 1.165) is 56.3 Å². The van der Waals surface area contributed by atoms with Crippen LogP contribution in [0.15, 0.2) is 54.6 Å². The number of methoxy groups -OCH3 is 2. The molecule has 1 amide bonds. The molecule has 2 aromatic heterocycles. The Morgan fingerprint density at radius 2 is 1.74 bits per heavy atom. The van der Waals surface area contributed by atoms with Crippen molar-refractivity contribution in [1.82, 2.24) is 9.88 Å². The largest absolute Gasteiger partial charge is 0.497 e. The molecule has 1 fully saturated rings. The summed E-state index contributed by atoms with van der Waals surface area (Å²) in [6.07, 6.45) is 0. The van der Waals surface area contributed by atoms with E-state index in [9.17, 15) is 4.79 Å². The van der Waals surface area contributed by atoms with Crippen molar-refractivity contribution in [2.45, 2.75) is 0 Å². The van der Waals surface area contributed by atoms with Crippen LogP contribution in [0.3, 0.4) is 0 Å². The van der Waals surface area contributed by atoms with Crippen molar-refractivity contribution in [1.29, 1.82) is 0 Å². The molecule has 0 N–H and O–H groups in total. The number of rotatable bonds is 4. The Hall–Kier alpha value is -3.32. The van der Waals surface area contributed by atoms with Crippen molar-refractivity contribution >= 4 is 44.1 Å². The Morgan fingerprint density at radius 3 is 2.52 bits per heavy atom. The van der Waals surface area contributed by atoms with Gasteiger partial charge in [0.1, 0.15) is 16.3 Å². The average Bonchev–Trinajstić information content (AvgIpc) is 3.24.